The van der Waals surface area contributed by atoms with Gasteiger partial charge in [-0.15, -0.1) is 0 Å². The van der Waals surface area contributed by atoms with E-state index in [1.54, 1.807) is 0 Å². The smallest absolute Gasteiger partial charge is 0.0377 e. The Morgan fingerprint density at radius 2 is 0.344 bits per heavy atom. The van der Waals surface area contributed by atoms with Crippen LogP contribution >= 0.6 is 63.1 Å². The zero-order valence-electron chi connectivity index (χ0n) is 54.1. The van der Waals surface area contributed by atoms with Gasteiger partial charge in [0.1, 0.15) is 0 Å². The van der Waals surface area contributed by atoms with Crippen molar-refractivity contribution in [3.8, 4) is 59.2 Å². The molecule has 90 heavy (non-hydrogen) atoms. The zero-order valence-corrected chi connectivity index (χ0v) is 58.2. The van der Waals surface area contributed by atoms with Crippen molar-refractivity contribution in [1.29, 1.82) is 0 Å². The third-order valence-corrected chi connectivity index (χ3v) is 19.9. The molecular formula is C80H100F5S5. The maximum atomic E-state index is 5.06. The molecule has 10 rings (SSSR count). The van der Waals surface area contributed by atoms with E-state index >= 15 is 0 Å². The molecule has 0 unspecified atom stereocenters. The standard InChI is InChI=1S/5C16H19S.5FH/c5*1-2-13-3-5-14(6-4-13)7-8-15-9-11-16(17)12-10-15;;;;;/h5*9-14H,2-6H2,1H3;5*1H/t5*13-,14-;;;;;. The van der Waals surface area contributed by atoms with Crippen molar-refractivity contribution >= 4 is 63.1 Å². The molecule has 0 amide bonds. The van der Waals surface area contributed by atoms with E-state index in [0.717, 1.165) is 81.9 Å². The highest BCUT2D eigenvalue weighted by Crippen LogP contribution is 2.34. The van der Waals surface area contributed by atoms with Crippen molar-refractivity contribution in [2.75, 3.05) is 0 Å². The summed E-state index contributed by atoms with van der Waals surface area (Å²) in [5, 5.41) is 0. The summed E-state index contributed by atoms with van der Waals surface area (Å²) in [6.07, 6.45) is 33.1. The lowest BCUT2D eigenvalue weighted by Gasteiger charge is -2.24. The minimum atomic E-state index is 0. The van der Waals surface area contributed by atoms with Crippen molar-refractivity contribution in [2.24, 2.45) is 59.2 Å². The van der Waals surface area contributed by atoms with Crippen LogP contribution in [-0.2, 0) is 0 Å². The predicted molar refractivity (Wildman–Crippen MR) is 387 cm³/mol. The summed E-state index contributed by atoms with van der Waals surface area (Å²) < 4.78 is 0. The van der Waals surface area contributed by atoms with Crippen molar-refractivity contribution in [3.05, 3.63) is 149 Å². The fourth-order valence-electron chi connectivity index (χ4n) is 12.2. The Morgan fingerprint density at radius 3 is 0.456 bits per heavy atom. The van der Waals surface area contributed by atoms with Gasteiger partial charge in [-0.1, -0.05) is 189 Å². The van der Waals surface area contributed by atoms with Crippen molar-refractivity contribution in [2.45, 2.75) is 220 Å². The molecule has 10 heteroatoms. The topological polar surface area (TPSA) is 0 Å². The van der Waals surface area contributed by atoms with Gasteiger partial charge in [0.25, 0.3) is 0 Å². The first-order valence-electron chi connectivity index (χ1n) is 32.8. The average molecular weight is 1320 g/mol. The Hall–Kier alpha value is -5.35. The maximum Gasteiger partial charge on any atom is 0.0377 e. The molecule has 5 aromatic rings. The van der Waals surface area contributed by atoms with Crippen LogP contribution in [0.25, 0.3) is 0 Å². The van der Waals surface area contributed by atoms with Gasteiger partial charge in [-0.25, -0.2) is 0 Å². The Bertz CT molecular complexity index is 2510. The van der Waals surface area contributed by atoms with Gasteiger partial charge in [0, 0.05) is 81.9 Å². The minimum absolute atomic E-state index is 0. The number of rotatable bonds is 5. The van der Waals surface area contributed by atoms with Gasteiger partial charge in [0.2, 0.25) is 0 Å². The van der Waals surface area contributed by atoms with Gasteiger partial charge >= 0.3 is 0 Å². The summed E-state index contributed by atoms with van der Waals surface area (Å²) in [4.78, 5) is 4.44. The summed E-state index contributed by atoms with van der Waals surface area (Å²) in [7, 11) is 0. The average Bonchev–Trinajstić information content (AvgIpc) is 3.65. The molecule has 0 N–H and O–H groups in total. The Kier molecular flexibility index (Phi) is 43.7. The molecule has 0 atom stereocenters. The minimum Gasteiger partial charge on any atom is -0.269 e. The van der Waals surface area contributed by atoms with Crippen LogP contribution < -0.4 is 0 Å². The molecule has 0 spiro atoms. The highest BCUT2D eigenvalue weighted by Gasteiger charge is 2.22. The number of hydrogen-bond acceptors (Lipinski definition) is 0. The highest BCUT2D eigenvalue weighted by molar-refractivity contribution is 7.81. The number of hydrogen-bond donors (Lipinski definition) is 0. The fraction of sp³-hybridized carbons (Fsp3) is 0.500. The molecular weight excluding hydrogens is 1220 g/mol. The van der Waals surface area contributed by atoms with Crippen LogP contribution in [0.15, 0.2) is 146 Å². The fourth-order valence-corrected chi connectivity index (χ4v) is 12.9. The van der Waals surface area contributed by atoms with E-state index in [0.29, 0.717) is 29.6 Å². The summed E-state index contributed by atoms with van der Waals surface area (Å²) in [6.45, 7) is 11.5. The normalized spacial score (nSPS) is 22.5. The Labute approximate surface area is 569 Å². The van der Waals surface area contributed by atoms with E-state index in [1.165, 1.54) is 161 Å². The van der Waals surface area contributed by atoms with Gasteiger partial charge in [-0.2, -0.15) is 0 Å². The molecule has 5 saturated carbocycles. The molecule has 0 heterocycles. The molecule has 0 aliphatic heterocycles. The second kappa shape index (κ2) is 47.5. The van der Waals surface area contributed by atoms with Crippen LogP contribution in [0.3, 0.4) is 0 Å². The highest BCUT2D eigenvalue weighted by atomic mass is 32.1. The molecule has 5 fully saturated rings. The second-order valence-electron chi connectivity index (χ2n) is 24.6. The Balaban J connectivity index is 0.000000555. The van der Waals surface area contributed by atoms with Gasteiger partial charge in [0.05, 0.1) is 0 Å². The Morgan fingerprint density at radius 1 is 0.222 bits per heavy atom. The monoisotopic (exact) mass is 1320 g/mol. The number of halogens is 5. The van der Waals surface area contributed by atoms with E-state index in [4.69, 9.17) is 63.1 Å². The SMILES string of the molecule is CC[C@H]1CC[C@H](C#Cc2ccc([S])cc2)CC1.CC[C@H]1CC[C@H](C#Cc2ccc([S])cc2)CC1.CC[C@H]1CC[C@H](C#Cc2ccc([S])cc2)CC1.CC[C@H]1CC[C@H](C#Cc2ccc([S])cc2)CC1.CC[C@H]1CC[C@H](C#Cc2ccc([S])cc2)CC1.F.F.F.F.F. The zero-order chi connectivity index (χ0) is 60.4. The van der Waals surface area contributed by atoms with Crippen LogP contribution in [0.1, 0.15) is 223 Å². The molecule has 0 bridgehead atoms. The summed E-state index contributed by atoms with van der Waals surface area (Å²) in [5.41, 5.74) is 5.47. The van der Waals surface area contributed by atoms with E-state index in [1.807, 2.05) is 121 Å². The van der Waals surface area contributed by atoms with Crippen molar-refractivity contribution in [1.82, 2.24) is 0 Å². The third-order valence-electron chi connectivity index (χ3n) is 18.5. The molecule has 5 aromatic carbocycles. The molecule has 485 valence electrons. The van der Waals surface area contributed by atoms with Crippen LogP contribution in [0.5, 0.6) is 0 Å². The van der Waals surface area contributed by atoms with Gasteiger partial charge in [-0.05, 0) is 279 Å². The molecule has 5 aliphatic rings. The molecule has 0 nitrogen and oxygen atoms in total. The van der Waals surface area contributed by atoms with Crippen LogP contribution in [0.4, 0.5) is 23.5 Å². The number of benzene rings is 5. The summed E-state index contributed by atoms with van der Waals surface area (Å²) in [6, 6.07) is 39.7. The lowest BCUT2D eigenvalue weighted by Crippen LogP contribution is -2.12. The van der Waals surface area contributed by atoms with E-state index in [2.05, 4.69) is 93.8 Å². The van der Waals surface area contributed by atoms with Crippen LogP contribution in [0.2, 0.25) is 0 Å². The van der Waals surface area contributed by atoms with Gasteiger partial charge in [0.15, 0.2) is 0 Å². The van der Waals surface area contributed by atoms with Gasteiger partial charge < -0.3 is 0 Å². The van der Waals surface area contributed by atoms with Crippen LogP contribution in [0, 0.1) is 118 Å². The quantitative estimate of drug-likeness (QED) is 0.122. The molecule has 5 aliphatic carbocycles. The molecule has 5 radical (unpaired) electrons. The van der Waals surface area contributed by atoms with Crippen molar-refractivity contribution < 1.29 is 23.5 Å². The van der Waals surface area contributed by atoms with E-state index < -0.39 is 0 Å². The predicted octanol–water partition coefficient (Wildman–Crippen LogP) is 24.8. The summed E-state index contributed by atoms with van der Waals surface area (Å²) in [5.74, 6) is 41.3. The molecule has 0 aromatic heterocycles. The van der Waals surface area contributed by atoms with E-state index in [-0.39, 0.29) is 23.5 Å². The maximum absolute atomic E-state index is 5.06. The first-order valence-corrected chi connectivity index (χ1v) is 34.9. The molecule has 0 saturated heterocycles. The lowest BCUT2D eigenvalue weighted by atomic mass is 9.81. The third kappa shape index (κ3) is 32.8. The lowest BCUT2D eigenvalue weighted by molar-refractivity contribution is 0.309. The first kappa shape index (κ1) is 82.7. The van der Waals surface area contributed by atoms with Crippen LogP contribution in [-0.4, -0.2) is 0 Å². The van der Waals surface area contributed by atoms with Crippen molar-refractivity contribution in [3.63, 3.8) is 0 Å². The summed E-state index contributed by atoms with van der Waals surface area (Å²) >= 11 is 25.3. The van der Waals surface area contributed by atoms with E-state index in [9.17, 15) is 0 Å². The largest absolute Gasteiger partial charge is 0.269 e. The first-order chi connectivity index (χ1) is 41.4. The second-order valence-corrected chi connectivity index (χ2v) is 27.0. The van der Waals surface area contributed by atoms with Gasteiger partial charge in [-0.3, -0.25) is 23.5 Å².